The van der Waals surface area contributed by atoms with Crippen LogP contribution in [0.3, 0.4) is 0 Å². The van der Waals surface area contributed by atoms with Crippen LogP contribution in [0.25, 0.3) is 17.1 Å². The van der Waals surface area contributed by atoms with Crippen molar-refractivity contribution >= 4 is 23.0 Å². The predicted molar refractivity (Wildman–Crippen MR) is 119 cm³/mol. The van der Waals surface area contributed by atoms with E-state index in [0.29, 0.717) is 6.42 Å². The van der Waals surface area contributed by atoms with Crippen molar-refractivity contribution < 1.29 is 9.53 Å². The molecule has 150 valence electrons. The summed E-state index contributed by atoms with van der Waals surface area (Å²) in [6.45, 7) is 0. The molecule has 1 atom stereocenters. The molecule has 1 aromatic heterocycles. The van der Waals surface area contributed by atoms with Crippen LogP contribution in [0.2, 0.25) is 0 Å². The van der Waals surface area contributed by atoms with Gasteiger partial charge in [-0.3, -0.25) is 4.79 Å². The zero-order valence-corrected chi connectivity index (χ0v) is 16.7. The summed E-state index contributed by atoms with van der Waals surface area (Å²) < 4.78 is 5.16. The maximum atomic E-state index is 12.7. The van der Waals surface area contributed by atoms with Gasteiger partial charge in [0.05, 0.1) is 24.2 Å². The van der Waals surface area contributed by atoms with Gasteiger partial charge in [-0.05, 0) is 47.9 Å². The molecule has 2 N–H and O–H groups in total. The van der Waals surface area contributed by atoms with E-state index >= 15 is 0 Å². The summed E-state index contributed by atoms with van der Waals surface area (Å²) in [5.41, 5.74) is 3.89. The molecular weight excluding hydrogens is 374 g/mol. The smallest absolute Gasteiger partial charge is 0.244 e. The highest BCUT2D eigenvalue weighted by molar-refractivity contribution is 5.92. The Hall–Kier alpha value is -3.86. The van der Waals surface area contributed by atoms with Gasteiger partial charge in [0.1, 0.15) is 11.6 Å². The predicted octanol–water partition coefficient (Wildman–Crippen LogP) is 4.68. The van der Waals surface area contributed by atoms with E-state index in [4.69, 9.17) is 9.72 Å². The summed E-state index contributed by atoms with van der Waals surface area (Å²) >= 11 is 0. The number of fused-ring (bicyclic) bond motifs is 1. The van der Waals surface area contributed by atoms with Crippen molar-refractivity contribution in [1.82, 2.24) is 15.3 Å². The fourth-order valence-electron chi connectivity index (χ4n) is 3.31. The average molecular weight is 397 g/mol. The molecule has 1 unspecified atom stereocenters. The second-order valence-electron chi connectivity index (χ2n) is 7.00. The maximum absolute atomic E-state index is 12.7. The summed E-state index contributed by atoms with van der Waals surface area (Å²) in [6.07, 6.45) is 3.97. The number of H-pyrrole nitrogens is 1. The maximum Gasteiger partial charge on any atom is 0.244 e. The van der Waals surface area contributed by atoms with Crippen LogP contribution in [0.4, 0.5) is 0 Å². The Balaban J connectivity index is 1.53. The van der Waals surface area contributed by atoms with E-state index < -0.39 is 0 Å². The van der Waals surface area contributed by atoms with Gasteiger partial charge in [0.25, 0.3) is 0 Å². The lowest BCUT2D eigenvalue weighted by molar-refractivity contribution is -0.117. The minimum atomic E-state index is -0.271. The Morgan fingerprint density at radius 1 is 1.03 bits per heavy atom. The highest BCUT2D eigenvalue weighted by atomic mass is 16.5. The lowest BCUT2D eigenvalue weighted by atomic mass is 10.1. The van der Waals surface area contributed by atoms with Crippen LogP contribution in [-0.4, -0.2) is 23.0 Å². The zero-order chi connectivity index (χ0) is 20.8. The highest BCUT2D eigenvalue weighted by Gasteiger charge is 2.18. The number of hydrogen-bond donors (Lipinski definition) is 2. The zero-order valence-electron chi connectivity index (χ0n) is 16.7. The number of para-hydroxylation sites is 2. The summed E-state index contributed by atoms with van der Waals surface area (Å²) in [6, 6.07) is 25.2. The summed E-state index contributed by atoms with van der Waals surface area (Å²) in [4.78, 5) is 20.7. The molecule has 5 heteroatoms. The molecule has 1 heterocycles. The Morgan fingerprint density at radius 3 is 2.50 bits per heavy atom. The molecule has 0 aliphatic heterocycles. The van der Waals surface area contributed by atoms with Gasteiger partial charge in [-0.25, -0.2) is 4.98 Å². The van der Waals surface area contributed by atoms with E-state index in [-0.39, 0.29) is 11.9 Å². The van der Waals surface area contributed by atoms with Gasteiger partial charge in [0.15, 0.2) is 0 Å². The molecule has 0 saturated carbocycles. The molecule has 0 radical (unpaired) electrons. The van der Waals surface area contributed by atoms with Crippen molar-refractivity contribution in [2.45, 2.75) is 12.5 Å². The minimum Gasteiger partial charge on any atom is -0.497 e. The lowest BCUT2D eigenvalue weighted by Crippen LogP contribution is -2.29. The fraction of sp³-hybridized carbons (Fsp3) is 0.120. The van der Waals surface area contributed by atoms with E-state index in [0.717, 1.165) is 33.7 Å². The van der Waals surface area contributed by atoms with Crippen LogP contribution >= 0.6 is 0 Å². The SMILES string of the molecule is COc1ccc(/C=C/C(=O)NC(Cc2ccccc2)c2nc3ccccc3[nH]2)cc1. The number of rotatable bonds is 7. The molecular formula is C25H23N3O2. The average Bonchev–Trinajstić information content (AvgIpc) is 3.23. The number of hydrogen-bond acceptors (Lipinski definition) is 3. The summed E-state index contributed by atoms with van der Waals surface area (Å²) in [5.74, 6) is 1.35. The van der Waals surface area contributed by atoms with Crippen molar-refractivity contribution in [3.05, 3.63) is 102 Å². The van der Waals surface area contributed by atoms with Crippen LogP contribution in [0.15, 0.2) is 84.9 Å². The number of amides is 1. The van der Waals surface area contributed by atoms with E-state index in [1.807, 2.05) is 66.7 Å². The summed E-state index contributed by atoms with van der Waals surface area (Å²) in [7, 11) is 1.63. The largest absolute Gasteiger partial charge is 0.497 e. The van der Waals surface area contributed by atoms with Gasteiger partial charge in [0, 0.05) is 6.08 Å². The molecule has 4 aromatic rings. The van der Waals surface area contributed by atoms with Gasteiger partial charge in [-0.15, -0.1) is 0 Å². The van der Waals surface area contributed by atoms with Crippen LogP contribution < -0.4 is 10.1 Å². The van der Waals surface area contributed by atoms with E-state index in [1.165, 1.54) is 0 Å². The molecule has 0 saturated heterocycles. The summed E-state index contributed by atoms with van der Waals surface area (Å²) in [5, 5.41) is 3.09. The molecule has 0 spiro atoms. The molecule has 4 rings (SSSR count). The first-order valence-corrected chi connectivity index (χ1v) is 9.82. The number of carbonyl (C=O) groups is 1. The van der Waals surface area contributed by atoms with Crippen molar-refractivity contribution in [1.29, 1.82) is 0 Å². The van der Waals surface area contributed by atoms with Gasteiger partial charge >= 0.3 is 0 Å². The monoisotopic (exact) mass is 397 g/mol. The standard InChI is InChI=1S/C25H23N3O2/c1-30-20-14-11-18(12-15-20)13-16-24(29)26-23(17-19-7-3-2-4-8-19)25-27-21-9-5-6-10-22(21)28-25/h2-16,23H,17H2,1H3,(H,26,29)(H,27,28)/b16-13+. The lowest BCUT2D eigenvalue weighted by Gasteiger charge is -2.16. The van der Waals surface area contributed by atoms with E-state index in [2.05, 4.69) is 22.4 Å². The number of methoxy groups -OCH3 is 1. The molecule has 5 nitrogen and oxygen atoms in total. The van der Waals surface area contributed by atoms with Crippen LogP contribution in [0, 0.1) is 0 Å². The molecule has 30 heavy (non-hydrogen) atoms. The topological polar surface area (TPSA) is 67.0 Å². The number of ether oxygens (including phenoxy) is 1. The third kappa shape index (κ3) is 4.75. The number of carbonyl (C=O) groups excluding carboxylic acids is 1. The normalized spacial score (nSPS) is 12.2. The number of imidazole rings is 1. The van der Waals surface area contributed by atoms with Gasteiger partial charge in [-0.2, -0.15) is 0 Å². The first kappa shape index (κ1) is 19.5. The van der Waals surface area contributed by atoms with Crippen molar-refractivity contribution in [2.75, 3.05) is 7.11 Å². The van der Waals surface area contributed by atoms with Gasteiger partial charge < -0.3 is 15.0 Å². The van der Waals surface area contributed by atoms with E-state index in [9.17, 15) is 4.79 Å². The molecule has 0 aliphatic carbocycles. The second-order valence-corrected chi connectivity index (χ2v) is 7.00. The van der Waals surface area contributed by atoms with Crippen LogP contribution in [0.1, 0.15) is 23.0 Å². The number of aromatic amines is 1. The van der Waals surface area contributed by atoms with Gasteiger partial charge in [0.2, 0.25) is 5.91 Å². The minimum absolute atomic E-state index is 0.174. The number of aromatic nitrogens is 2. The second kappa shape index (κ2) is 9.09. The fourth-order valence-corrected chi connectivity index (χ4v) is 3.31. The van der Waals surface area contributed by atoms with Crippen LogP contribution in [-0.2, 0) is 11.2 Å². The Kier molecular flexibility index (Phi) is 5.90. The molecule has 1 amide bonds. The third-order valence-corrected chi connectivity index (χ3v) is 4.88. The van der Waals surface area contributed by atoms with Gasteiger partial charge in [-0.1, -0.05) is 54.6 Å². The van der Waals surface area contributed by atoms with E-state index in [1.54, 1.807) is 19.3 Å². The van der Waals surface area contributed by atoms with Crippen molar-refractivity contribution in [2.24, 2.45) is 0 Å². The highest BCUT2D eigenvalue weighted by Crippen LogP contribution is 2.20. The number of nitrogens with zero attached hydrogens (tertiary/aromatic N) is 1. The first-order valence-electron chi connectivity index (χ1n) is 9.82. The molecule has 0 fully saturated rings. The number of benzene rings is 3. The van der Waals surface area contributed by atoms with Crippen LogP contribution in [0.5, 0.6) is 5.75 Å². The Bertz CT molecular complexity index is 1110. The van der Waals surface area contributed by atoms with Crippen molar-refractivity contribution in [3.8, 4) is 5.75 Å². The number of nitrogens with one attached hydrogen (secondary N) is 2. The van der Waals surface area contributed by atoms with Crippen molar-refractivity contribution in [3.63, 3.8) is 0 Å². The Labute approximate surface area is 175 Å². The molecule has 3 aromatic carbocycles. The molecule has 0 aliphatic rings. The first-order chi connectivity index (χ1) is 14.7. The third-order valence-electron chi connectivity index (χ3n) is 4.88. The quantitative estimate of drug-likeness (QED) is 0.445. The Morgan fingerprint density at radius 2 is 1.77 bits per heavy atom. The molecule has 0 bridgehead atoms.